The van der Waals surface area contributed by atoms with Gasteiger partial charge in [0.05, 0.1) is 24.9 Å². The van der Waals surface area contributed by atoms with Crippen LogP contribution >= 0.6 is 11.3 Å². The minimum absolute atomic E-state index is 0.115. The lowest BCUT2D eigenvalue weighted by Gasteiger charge is -2.35. The van der Waals surface area contributed by atoms with Crippen LogP contribution in [-0.4, -0.2) is 38.9 Å². The summed E-state index contributed by atoms with van der Waals surface area (Å²) in [6, 6.07) is 8.51. The standard InChI is InChI=1S/C16H17N3O2S/c1-11(14-8-22-15-5-3-2-4-13(14)15)19-7-12(17-18-19)6-16(20)9-21-10-16/h2-5,7-8,11,20H,6,9-10H2,1H3/t11-/m0/s1. The summed E-state index contributed by atoms with van der Waals surface area (Å²) in [5.41, 5.74) is 1.29. The van der Waals surface area contributed by atoms with Crippen LogP contribution in [0.25, 0.3) is 10.1 Å². The predicted octanol–water partition coefficient (Wildman–Crippen LogP) is 2.41. The van der Waals surface area contributed by atoms with E-state index in [1.54, 1.807) is 11.3 Å². The molecule has 2 aromatic heterocycles. The fourth-order valence-electron chi connectivity index (χ4n) is 2.82. The Bertz CT molecular complexity index is 806. The Kier molecular flexibility index (Phi) is 3.25. The van der Waals surface area contributed by atoms with Gasteiger partial charge in [0.1, 0.15) is 5.60 Å². The quantitative estimate of drug-likeness (QED) is 0.803. The molecule has 1 atom stereocenters. The molecule has 1 aliphatic rings. The smallest absolute Gasteiger partial charge is 0.117 e. The van der Waals surface area contributed by atoms with Gasteiger partial charge in [-0.15, -0.1) is 16.4 Å². The third kappa shape index (κ3) is 2.33. The van der Waals surface area contributed by atoms with Crippen LogP contribution in [0, 0.1) is 0 Å². The van der Waals surface area contributed by atoms with Gasteiger partial charge >= 0.3 is 0 Å². The van der Waals surface area contributed by atoms with Crippen molar-refractivity contribution in [2.24, 2.45) is 0 Å². The maximum Gasteiger partial charge on any atom is 0.117 e. The zero-order valence-corrected chi connectivity index (χ0v) is 13.1. The van der Waals surface area contributed by atoms with E-state index in [9.17, 15) is 5.11 Å². The molecule has 1 fully saturated rings. The van der Waals surface area contributed by atoms with Gasteiger partial charge in [-0.3, -0.25) is 0 Å². The highest BCUT2D eigenvalue weighted by Crippen LogP contribution is 2.31. The van der Waals surface area contributed by atoms with E-state index < -0.39 is 5.60 Å². The lowest BCUT2D eigenvalue weighted by molar-refractivity contribution is -0.177. The third-order valence-corrected chi connectivity index (χ3v) is 5.15. The summed E-state index contributed by atoms with van der Waals surface area (Å²) in [5, 5.41) is 22.0. The van der Waals surface area contributed by atoms with Crippen molar-refractivity contribution in [3.8, 4) is 0 Å². The Labute approximate surface area is 132 Å². The monoisotopic (exact) mass is 315 g/mol. The Morgan fingerprint density at radius 2 is 2.23 bits per heavy atom. The average molecular weight is 315 g/mol. The van der Waals surface area contributed by atoms with Crippen molar-refractivity contribution in [1.29, 1.82) is 0 Å². The van der Waals surface area contributed by atoms with Gasteiger partial charge in [0, 0.05) is 17.3 Å². The zero-order valence-electron chi connectivity index (χ0n) is 12.3. The summed E-state index contributed by atoms with van der Waals surface area (Å²) in [5.74, 6) is 0. The number of rotatable bonds is 4. The lowest BCUT2D eigenvalue weighted by atomic mass is 9.96. The average Bonchev–Trinajstić information content (AvgIpc) is 3.11. The van der Waals surface area contributed by atoms with Crippen LogP contribution in [0.5, 0.6) is 0 Å². The summed E-state index contributed by atoms with van der Waals surface area (Å²) < 4.78 is 8.22. The molecule has 0 unspecified atom stereocenters. The zero-order chi connectivity index (χ0) is 15.2. The maximum atomic E-state index is 10.1. The Hall–Kier alpha value is -1.76. The van der Waals surface area contributed by atoms with Crippen molar-refractivity contribution >= 4 is 21.4 Å². The number of hydrogen-bond acceptors (Lipinski definition) is 5. The molecule has 3 aromatic rings. The molecule has 0 radical (unpaired) electrons. The largest absolute Gasteiger partial charge is 0.385 e. The van der Waals surface area contributed by atoms with Gasteiger partial charge in [0.2, 0.25) is 0 Å². The van der Waals surface area contributed by atoms with Crippen molar-refractivity contribution in [3.63, 3.8) is 0 Å². The van der Waals surface area contributed by atoms with Crippen molar-refractivity contribution in [2.75, 3.05) is 13.2 Å². The van der Waals surface area contributed by atoms with Crippen LogP contribution in [0.4, 0.5) is 0 Å². The van der Waals surface area contributed by atoms with E-state index in [-0.39, 0.29) is 6.04 Å². The number of hydrogen-bond donors (Lipinski definition) is 1. The highest BCUT2D eigenvalue weighted by atomic mass is 32.1. The van der Waals surface area contributed by atoms with E-state index in [4.69, 9.17) is 4.74 Å². The minimum Gasteiger partial charge on any atom is -0.385 e. The van der Waals surface area contributed by atoms with E-state index in [1.165, 1.54) is 15.6 Å². The number of benzene rings is 1. The van der Waals surface area contributed by atoms with Crippen LogP contribution in [0.2, 0.25) is 0 Å². The molecule has 3 heterocycles. The summed E-state index contributed by atoms with van der Waals surface area (Å²) in [6.07, 6.45) is 2.41. The fraction of sp³-hybridized carbons (Fsp3) is 0.375. The molecule has 5 nitrogen and oxygen atoms in total. The van der Waals surface area contributed by atoms with Gasteiger partial charge in [0.25, 0.3) is 0 Å². The van der Waals surface area contributed by atoms with Crippen LogP contribution in [-0.2, 0) is 11.2 Å². The fourth-order valence-corrected chi connectivity index (χ4v) is 3.87. The molecule has 4 rings (SSSR count). The molecule has 1 N–H and O–H groups in total. The van der Waals surface area contributed by atoms with Gasteiger partial charge in [-0.1, -0.05) is 23.4 Å². The third-order valence-electron chi connectivity index (χ3n) is 4.17. The molecular weight excluding hydrogens is 298 g/mol. The summed E-state index contributed by atoms with van der Waals surface area (Å²) in [4.78, 5) is 0. The van der Waals surface area contributed by atoms with Crippen molar-refractivity contribution in [2.45, 2.75) is 25.0 Å². The highest BCUT2D eigenvalue weighted by Gasteiger charge is 2.37. The Morgan fingerprint density at radius 3 is 3.00 bits per heavy atom. The Balaban J connectivity index is 1.60. The van der Waals surface area contributed by atoms with Gasteiger partial charge < -0.3 is 9.84 Å². The molecule has 6 heteroatoms. The molecule has 0 bridgehead atoms. The molecule has 1 aliphatic heterocycles. The number of aromatic nitrogens is 3. The van der Waals surface area contributed by atoms with Crippen LogP contribution in [0.15, 0.2) is 35.8 Å². The number of fused-ring (bicyclic) bond motifs is 1. The molecule has 22 heavy (non-hydrogen) atoms. The first-order valence-electron chi connectivity index (χ1n) is 7.32. The molecular formula is C16H17N3O2S. The molecule has 0 aliphatic carbocycles. The van der Waals surface area contributed by atoms with E-state index in [2.05, 4.69) is 46.9 Å². The molecule has 1 saturated heterocycles. The van der Waals surface area contributed by atoms with Crippen LogP contribution < -0.4 is 0 Å². The first-order valence-corrected chi connectivity index (χ1v) is 8.20. The topological polar surface area (TPSA) is 60.2 Å². The van der Waals surface area contributed by atoms with E-state index in [1.807, 2.05) is 10.9 Å². The molecule has 0 saturated carbocycles. The van der Waals surface area contributed by atoms with Crippen molar-refractivity contribution in [1.82, 2.24) is 15.0 Å². The van der Waals surface area contributed by atoms with Crippen LogP contribution in [0.1, 0.15) is 24.2 Å². The molecule has 1 aromatic carbocycles. The summed E-state index contributed by atoms with van der Waals surface area (Å²) >= 11 is 1.75. The highest BCUT2D eigenvalue weighted by molar-refractivity contribution is 7.17. The number of ether oxygens (including phenoxy) is 1. The molecule has 0 amide bonds. The summed E-state index contributed by atoms with van der Waals surface area (Å²) in [7, 11) is 0. The normalized spacial score (nSPS) is 18.3. The number of aliphatic hydroxyl groups is 1. The SMILES string of the molecule is C[C@@H](c1csc2ccccc12)n1cc(CC2(O)COC2)nn1. The van der Waals surface area contributed by atoms with Crippen molar-refractivity contribution < 1.29 is 9.84 Å². The second kappa shape index (κ2) is 5.15. The second-order valence-corrected chi connectivity index (χ2v) is 6.86. The first-order chi connectivity index (χ1) is 10.6. The van der Waals surface area contributed by atoms with Gasteiger partial charge in [0.15, 0.2) is 0 Å². The van der Waals surface area contributed by atoms with Crippen LogP contribution in [0.3, 0.4) is 0 Å². The minimum atomic E-state index is -0.765. The maximum absolute atomic E-state index is 10.1. The van der Waals surface area contributed by atoms with Gasteiger partial charge in [-0.05, 0) is 29.3 Å². The lowest BCUT2D eigenvalue weighted by Crippen LogP contribution is -2.51. The summed E-state index contributed by atoms with van der Waals surface area (Å²) in [6.45, 7) is 2.88. The van der Waals surface area contributed by atoms with E-state index in [0.29, 0.717) is 19.6 Å². The van der Waals surface area contributed by atoms with Gasteiger partial charge in [-0.25, -0.2) is 4.68 Å². The molecule has 114 valence electrons. The predicted molar refractivity (Wildman–Crippen MR) is 85.1 cm³/mol. The number of thiophene rings is 1. The molecule has 0 spiro atoms. The van der Waals surface area contributed by atoms with E-state index >= 15 is 0 Å². The first kappa shape index (κ1) is 13.9. The second-order valence-electron chi connectivity index (χ2n) is 5.95. The van der Waals surface area contributed by atoms with Crippen molar-refractivity contribution in [3.05, 3.63) is 47.1 Å². The van der Waals surface area contributed by atoms with Gasteiger partial charge in [-0.2, -0.15) is 0 Å². The van der Waals surface area contributed by atoms with E-state index in [0.717, 1.165) is 5.69 Å². The Morgan fingerprint density at radius 1 is 1.41 bits per heavy atom. The number of nitrogens with zero attached hydrogens (tertiary/aromatic N) is 3.